The van der Waals surface area contributed by atoms with Crippen LogP contribution < -0.4 is 9.47 Å². The van der Waals surface area contributed by atoms with Gasteiger partial charge >= 0.3 is 0 Å². The number of ketones is 1. The zero-order chi connectivity index (χ0) is 13.1. The van der Waals surface area contributed by atoms with Crippen LogP contribution in [0.1, 0.15) is 16.1 Å². The fourth-order valence-corrected chi connectivity index (χ4v) is 2.06. The van der Waals surface area contributed by atoms with Crippen molar-refractivity contribution in [1.29, 1.82) is 0 Å². The van der Waals surface area contributed by atoms with Crippen molar-refractivity contribution in [3.63, 3.8) is 0 Å². The van der Waals surface area contributed by atoms with Gasteiger partial charge in [0.05, 0.1) is 30.5 Å². The predicted octanol–water partition coefficient (Wildman–Crippen LogP) is 3.29. The number of hydrogen-bond donors (Lipinski definition) is 0. The van der Waals surface area contributed by atoms with Gasteiger partial charge in [-0.3, -0.25) is 4.79 Å². The molecule has 5 heteroatoms. The molecular formula is C13H11BrO4. The summed E-state index contributed by atoms with van der Waals surface area (Å²) in [5.74, 6) is 1.04. The zero-order valence-corrected chi connectivity index (χ0v) is 11.5. The molecule has 4 nitrogen and oxygen atoms in total. The van der Waals surface area contributed by atoms with Gasteiger partial charge in [-0.15, -0.1) is 0 Å². The van der Waals surface area contributed by atoms with Gasteiger partial charge < -0.3 is 13.9 Å². The van der Waals surface area contributed by atoms with Crippen LogP contribution in [0.15, 0.2) is 39.4 Å². The molecule has 0 atom stereocenters. The zero-order valence-electron chi connectivity index (χ0n) is 9.90. The minimum Gasteiger partial charge on any atom is -0.496 e. The number of rotatable bonds is 4. The first-order valence-corrected chi connectivity index (χ1v) is 5.96. The van der Waals surface area contributed by atoms with Gasteiger partial charge in [-0.2, -0.15) is 0 Å². The third-order valence-corrected chi connectivity index (χ3v) is 3.08. The molecule has 2 aromatic rings. The summed E-state index contributed by atoms with van der Waals surface area (Å²) in [4.78, 5) is 12.2. The van der Waals surface area contributed by atoms with Crippen LogP contribution in [0, 0.1) is 0 Å². The maximum absolute atomic E-state index is 12.2. The Labute approximate surface area is 113 Å². The molecule has 2 rings (SSSR count). The summed E-state index contributed by atoms with van der Waals surface area (Å²) in [7, 11) is 3.04. The van der Waals surface area contributed by atoms with E-state index in [0.717, 1.165) is 4.47 Å². The van der Waals surface area contributed by atoms with Gasteiger partial charge in [0.1, 0.15) is 11.5 Å². The van der Waals surface area contributed by atoms with E-state index in [9.17, 15) is 4.79 Å². The molecule has 18 heavy (non-hydrogen) atoms. The van der Waals surface area contributed by atoms with E-state index in [1.807, 2.05) is 0 Å². The van der Waals surface area contributed by atoms with E-state index >= 15 is 0 Å². The standard InChI is InChI=1S/C13H11BrO4/c1-16-11-7-9(14)12(17-2)6-8(11)13(15)10-4-3-5-18-10/h3-7H,1-2H3. The topological polar surface area (TPSA) is 48.7 Å². The molecule has 0 aliphatic heterocycles. The van der Waals surface area contributed by atoms with E-state index in [1.54, 1.807) is 24.3 Å². The highest BCUT2D eigenvalue weighted by Gasteiger charge is 2.19. The van der Waals surface area contributed by atoms with E-state index in [1.165, 1.54) is 20.5 Å². The number of carbonyl (C=O) groups is 1. The van der Waals surface area contributed by atoms with Crippen LogP contribution >= 0.6 is 15.9 Å². The Morgan fingerprint density at radius 2 is 1.94 bits per heavy atom. The normalized spacial score (nSPS) is 10.2. The number of benzene rings is 1. The predicted molar refractivity (Wildman–Crippen MR) is 69.4 cm³/mol. The summed E-state index contributed by atoms with van der Waals surface area (Å²) in [5, 5.41) is 0. The lowest BCUT2D eigenvalue weighted by atomic mass is 10.1. The third-order valence-electron chi connectivity index (χ3n) is 2.46. The highest BCUT2D eigenvalue weighted by Crippen LogP contribution is 2.33. The van der Waals surface area contributed by atoms with Crippen molar-refractivity contribution in [3.05, 3.63) is 46.3 Å². The minimum atomic E-state index is -0.248. The lowest BCUT2D eigenvalue weighted by Crippen LogP contribution is -2.03. The molecule has 0 aliphatic carbocycles. The molecule has 0 saturated carbocycles. The molecule has 1 heterocycles. The van der Waals surface area contributed by atoms with Gasteiger partial charge in [0.25, 0.3) is 0 Å². The van der Waals surface area contributed by atoms with Gasteiger partial charge in [-0.25, -0.2) is 0 Å². The van der Waals surface area contributed by atoms with Gasteiger partial charge in [-0.05, 0) is 40.2 Å². The van der Waals surface area contributed by atoms with Crippen LogP contribution in [0.5, 0.6) is 11.5 Å². The average Bonchev–Trinajstić information content (AvgIpc) is 2.91. The van der Waals surface area contributed by atoms with E-state index < -0.39 is 0 Å². The fourth-order valence-electron chi connectivity index (χ4n) is 1.58. The second kappa shape index (κ2) is 5.27. The first-order chi connectivity index (χ1) is 8.67. The molecule has 1 aromatic carbocycles. The number of furan rings is 1. The minimum absolute atomic E-state index is 0.248. The Balaban J connectivity index is 2.52. The van der Waals surface area contributed by atoms with Crippen molar-refractivity contribution in [2.45, 2.75) is 0 Å². The van der Waals surface area contributed by atoms with Crippen molar-refractivity contribution in [2.75, 3.05) is 14.2 Å². The van der Waals surface area contributed by atoms with E-state index in [4.69, 9.17) is 13.9 Å². The average molecular weight is 311 g/mol. The van der Waals surface area contributed by atoms with Crippen molar-refractivity contribution in [1.82, 2.24) is 0 Å². The third kappa shape index (κ3) is 2.26. The van der Waals surface area contributed by atoms with Gasteiger partial charge in [-0.1, -0.05) is 0 Å². The molecule has 0 spiro atoms. The lowest BCUT2D eigenvalue weighted by molar-refractivity contribution is 0.101. The molecule has 0 unspecified atom stereocenters. The van der Waals surface area contributed by atoms with Gasteiger partial charge in [0.15, 0.2) is 5.76 Å². The van der Waals surface area contributed by atoms with Crippen molar-refractivity contribution in [3.8, 4) is 11.5 Å². The fraction of sp³-hybridized carbons (Fsp3) is 0.154. The summed E-state index contributed by atoms with van der Waals surface area (Å²) in [5.41, 5.74) is 0.396. The first kappa shape index (κ1) is 12.7. The largest absolute Gasteiger partial charge is 0.496 e. The monoisotopic (exact) mass is 310 g/mol. The van der Waals surface area contributed by atoms with Crippen LogP contribution in [0.4, 0.5) is 0 Å². The maximum atomic E-state index is 12.2. The highest BCUT2D eigenvalue weighted by molar-refractivity contribution is 9.10. The summed E-state index contributed by atoms with van der Waals surface area (Å²) in [6.07, 6.45) is 1.45. The Hall–Kier alpha value is -1.75. The number of carbonyl (C=O) groups excluding carboxylic acids is 1. The molecule has 1 aromatic heterocycles. The number of halogens is 1. The van der Waals surface area contributed by atoms with E-state index in [2.05, 4.69) is 15.9 Å². The summed E-state index contributed by atoms with van der Waals surface area (Å²) < 4.78 is 16.2. The number of methoxy groups -OCH3 is 2. The second-order valence-electron chi connectivity index (χ2n) is 3.49. The highest BCUT2D eigenvalue weighted by atomic mass is 79.9. The molecule has 0 bridgehead atoms. The Kier molecular flexibility index (Phi) is 3.72. The van der Waals surface area contributed by atoms with E-state index in [-0.39, 0.29) is 11.5 Å². The Morgan fingerprint density at radius 1 is 1.22 bits per heavy atom. The van der Waals surface area contributed by atoms with Crippen molar-refractivity contribution >= 4 is 21.7 Å². The quantitative estimate of drug-likeness (QED) is 0.813. The van der Waals surface area contributed by atoms with Crippen LogP contribution in [-0.2, 0) is 0 Å². The van der Waals surface area contributed by atoms with Crippen molar-refractivity contribution < 1.29 is 18.7 Å². The van der Waals surface area contributed by atoms with Crippen LogP contribution in [0.3, 0.4) is 0 Å². The molecular weight excluding hydrogens is 300 g/mol. The molecule has 0 aliphatic rings. The molecule has 0 amide bonds. The van der Waals surface area contributed by atoms with Crippen LogP contribution in [0.2, 0.25) is 0 Å². The SMILES string of the molecule is COc1cc(C(=O)c2ccco2)c(OC)cc1Br. The summed E-state index contributed by atoms with van der Waals surface area (Å²) in [6, 6.07) is 6.58. The summed E-state index contributed by atoms with van der Waals surface area (Å²) >= 11 is 3.34. The first-order valence-electron chi connectivity index (χ1n) is 5.17. The summed E-state index contributed by atoms with van der Waals surface area (Å²) in [6.45, 7) is 0. The Morgan fingerprint density at radius 3 is 2.50 bits per heavy atom. The van der Waals surface area contributed by atoms with Crippen LogP contribution in [-0.4, -0.2) is 20.0 Å². The van der Waals surface area contributed by atoms with Gasteiger partial charge in [0, 0.05) is 0 Å². The van der Waals surface area contributed by atoms with Crippen LogP contribution in [0.25, 0.3) is 0 Å². The number of hydrogen-bond acceptors (Lipinski definition) is 4. The lowest BCUT2D eigenvalue weighted by Gasteiger charge is -2.10. The second-order valence-corrected chi connectivity index (χ2v) is 4.35. The molecule has 0 fully saturated rings. The molecule has 0 radical (unpaired) electrons. The molecule has 0 N–H and O–H groups in total. The smallest absolute Gasteiger partial charge is 0.232 e. The van der Waals surface area contributed by atoms with E-state index in [0.29, 0.717) is 17.1 Å². The number of ether oxygens (including phenoxy) is 2. The molecule has 94 valence electrons. The van der Waals surface area contributed by atoms with Gasteiger partial charge in [0.2, 0.25) is 5.78 Å². The van der Waals surface area contributed by atoms with Crippen molar-refractivity contribution in [2.24, 2.45) is 0 Å². The maximum Gasteiger partial charge on any atom is 0.232 e. The molecule has 0 saturated heterocycles. The Bertz CT molecular complexity index is 561.